The summed E-state index contributed by atoms with van der Waals surface area (Å²) in [6.07, 6.45) is 1.34. The fourth-order valence-electron chi connectivity index (χ4n) is 3.70. The maximum atomic E-state index is 12.8. The maximum absolute atomic E-state index is 12.8. The van der Waals surface area contributed by atoms with Crippen molar-refractivity contribution in [1.29, 1.82) is 0 Å². The molecule has 0 unspecified atom stereocenters. The Morgan fingerprint density at radius 2 is 1.70 bits per heavy atom. The van der Waals surface area contributed by atoms with Gasteiger partial charge in [-0.15, -0.1) is 0 Å². The van der Waals surface area contributed by atoms with Crippen molar-refractivity contribution in [1.82, 2.24) is 4.31 Å². The van der Waals surface area contributed by atoms with Gasteiger partial charge in [0.1, 0.15) is 10.6 Å². The normalized spacial score (nSPS) is 16.3. The average Bonchev–Trinajstić information content (AvgIpc) is 3.62. The second kappa shape index (κ2) is 7.93. The van der Waals surface area contributed by atoms with Crippen LogP contribution in [0.1, 0.15) is 33.6 Å². The van der Waals surface area contributed by atoms with Crippen molar-refractivity contribution < 1.29 is 27.5 Å². The van der Waals surface area contributed by atoms with Crippen molar-refractivity contribution in [3.05, 3.63) is 77.9 Å². The van der Waals surface area contributed by atoms with Gasteiger partial charge in [0, 0.05) is 17.3 Å². The zero-order valence-electron chi connectivity index (χ0n) is 17.6. The lowest BCUT2D eigenvalue weighted by Crippen LogP contribution is -2.31. The van der Waals surface area contributed by atoms with E-state index in [-0.39, 0.29) is 22.1 Å². The SMILES string of the molecule is COc1ccccc1Oc1ccc(NC(=O)c2ccc3c(c2)S(=O)(=O)N(C2CC2)C3=O)cc1. The number of hydrogen-bond donors (Lipinski definition) is 1. The number of ether oxygens (including phenoxy) is 2. The highest BCUT2D eigenvalue weighted by Crippen LogP contribution is 2.39. The molecule has 1 aliphatic carbocycles. The van der Waals surface area contributed by atoms with E-state index in [9.17, 15) is 18.0 Å². The standard InChI is InChI=1S/C24H20N2O6S/c1-31-20-4-2-3-5-21(20)32-18-11-7-16(8-12-18)25-23(27)15-6-13-19-22(14-15)33(29,30)26(24(19)28)17-9-10-17/h2-8,11-14,17H,9-10H2,1H3,(H,25,27). The first-order chi connectivity index (χ1) is 15.9. The first-order valence-corrected chi connectivity index (χ1v) is 11.8. The Bertz CT molecular complexity index is 1360. The quantitative estimate of drug-likeness (QED) is 0.591. The number of amides is 2. The van der Waals surface area contributed by atoms with Crippen molar-refractivity contribution in [2.24, 2.45) is 0 Å². The van der Waals surface area contributed by atoms with Crippen molar-refractivity contribution in [2.75, 3.05) is 12.4 Å². The second-order valence-corrected chi connectivity index (χ2v) is 9.56. The van der Waals surface area contributed by atoms with E-state index in [0.717, 1.165) is 4.31 Å². The Morgan fingerprint density at radius 1 is 1.00 bits per heavy atom. The number of fused-ring (bicyclic) bond motifs is 1. The van der Waals surface area contributed by atoms with Gasteiger partial charge in [0.15, 0.2) is 11.5 Å². The summed E-state index contributed by atoms with van der Waals surface area (Å²) >= 11 is 0. The van der Waals surface area contributed by atoms with Crippen LogP contribution < -0.4 is 14.8 Å². The van der Waals surface area contributed by atoms with Gasteiger partial charge >= 0.3 is 0 Å². The van der Waals surface area contributed by atoms with Gasteiger partial charge < -0.3 is 14.8 Å². The number of rotatable bonds is 6. The fourth-order valence-corrected chi connectivity index (χ4v) is 5.54. The predicted molar refractivity (Wildman–Crippen MR) is 120 cm³/mol. The molecule has 5 rings (SSSR count). The van der Waals surface area contributed by atoms with Gasteiger partial charge in [0.05, 0.1) is 12.7 Å². The Hall–Kier alpha value is -3.85. The van der Waals surface area contributed by atoms with Crippen molar-refractivity contribution in [2.45, 2.75) is 23.8 Å². The first-order valence-electron chi connectivity index (χ1n) is 10.3. The van der Waals surface area contributed by atoms with Gasteiger partial charge in [-0.2, -0.15) is 0 Å². The highest BCUT2D eigenvalue weighted by atomic mass is 32.2. The molecule has 1 fully saturated rings. The largest absolute Gasteiger partial charge is 0.493 e. The molecule has 1 N–H and O–H groups in total. The van der Waals surface area contributed by atoms with Crippen LogP contribution in [0.25, 0.3) is 0 Å². The molecular formula is C24H20N2O6S. The molecule has 1 heterocycles. The number of methoxy groups -OCH3 is 1. The average molecular weight is 464 g/mol. The molecule has 8 nitrogen and oxygen atoms in total. The number of benzene rings is 3. The molecule has 0 atom stereocenters. The molecule has 0 radical (unpaired) electrons. The zero-order chi connectivity index (χ0) is 23.2. The third kappa shape index (κ3) is 3.80. The summed E-state index contributed by atoms with van der Waals surface area (Å²) in [5.74, 6) is 0.708. The van der Waals surface area contributed by atoms with E-state index in [2.05, 4.69) is 5.32 Å². The molecule has 3 aromatic rings. The van der Waals surface area contributed by atoms with Gasteiger partial charge in [-0.1, -0.05) is 12.1 Å². The Kier molecular flexibility index (Phi) is 5.05. The third-order valence-corrected chi connectivity index (χ3v) is 7.37. The van der Waals surface area contributed by atoms with Crippen LogP contribution >= 0.6 is 0 Å². The number of nitrogens with one attached hydrogen (secondary N) is 1. The van der Waals surface area contributed by atoms with Gasteiger partial charge in [-0.3, -0.25) is 9.59 Å². The highest BCUT2D eigenvalue weighted by Gasteiger charge is 2.48. The Morgan fingerprint density at radius 3 is 2.36 bits per heavy atom. The number of sulfonamides is 1. The maximum Gasteiger partial charge on any atom is 0.269 e. The number of para-hydroxylation sites is 2. The van der Waals surface area contributed by atoms with Crippen molar-refractivity contribution in [3.8, 4) is 17.2 Å². The minimum Gasteiger partial charge on any atom is -0.493 e. The molecule has 0 spiro atoms. The summed E-state index contributed by atoms with van der Waals surface area (Å²) in [6, 6.07) is 17.8. The van der Waals surface area contributed by atoms with Gasteiger partial charge in [-0.25, -0.2) is 12.7 Å². The smallest absolute Gasteiger partial charge is 0.269 e. The number of carbonyl (C=O) groups excluding carboxylic acids is 2. The lowest BCUT2D eigenvalue weighted by Gasteiger charge is -2.13. The van der Waals surface area contributed by atoms with Crippen LogP contribution in [0.15, 0.2) is 71.6 Å². The Labute approximate surface area is 190 Å². The van der Waals surface area contributed by atoms with Gasteiger partial charge in [0.25, 0.3) is 21.8 Å². The lowest BCUT2D eigenvalue weighted by molar-refractivity contribution is 0.0864. The van der Waals surface area contributed by atoms with Crippen LogP contribution in [0, 0.1) is 0 Å². The van der Waals surface area contributed by atoms with Crippen molar-refractivity contribution in [3.63, 3.8) is 0 Å². The number of nitrogens with zero attached hydrogens (tertiary/aromatic N) is 1. The molecule has 1 aliphatic heterocycles. The summed E-state index contributed by atoms with van der Waals surface area (Å²) in [4.78, 5) is 25.1. The minimum absolute atomic E-state index is 0.108. The summed E-state index contributed by atoms with van der Waals surface area (Å²) in [7, 11) is -2.37. The Balaban J connectivity index is 1.32. The van der Waals surface area contributed by atoms with Crippen LogP contribution in [0.4, 0.5) is 5.69 Å². The topological polar surface area (TPSA) is 102 Å². The highest BCUT2D eigenvalue weighted by molar-refractivity contribution is 7.90. The number of hydrogen-bond acceptors (Lipinski definition) is 6. The van der Waals surface area contributed by atoms with E-state index >= 15 is 0 Å². The van der Waals surface area contributed by atoms with Crippen LogP contribution in [-0.2, 0) is 10.0 Å². The van der Waals surface area contributed by atoms with Gasteiger partial charge in [-0.05, 0) is 67.4 Å². The number of carbonyl (C=O) groups is 2. The summed E-state index contributed by atoms with van der Waals surface area (Å²) in [6.45, 7) is 0. The van der Waals surface area contributed by atoms with E-state index in [0.29, 0.717) is 35.8 Å². The van der Waals surface area contributed by atoms with E-state index in [1.807, 2.05) is 12.1 Å². The van der Waals surface area contributed by atoms with Crippen LogP contribution in [0.5, 0.6) is 17.2 Å². The second-order valence-electron chi connectivity index (χ2n) is 7.78. The predicted octanol–water partition coefficient (Wildman–Crippen LogP) is 4.05. The summed E-state index contributed by atoms with van der Waals surface area (Å²) < 4.78 is 37.6. The third-order valence-electron chi connectivity index (χ3n) is 5.50. The van der Waals surface area contributed by atoms with E-state index in [1.54, 1.807) is 43.5 Å². The first kappa shape index (κ1) is 21.0. The van der Waals surface area contributed by atoms with E-state index in [1.165, 1.54) is 18.2 Å². The number of anilines is 1. The fraction of sp³-hybridized carbons (Fsp3) is 0.167. The van der Waals surface area contributed by atoms with E-state index < -0.39 is 21.8 Å². The monoisotopic (exact) mass is 464 g/mol. The van der Waals surface area contributed by atoms with Crippen LogP contribution in [0.3, 0.4) is 0 Å². The molecule has 9 heteroatoms. The van der Waals surface area contributed by atoms with Crippen molar-refractivity contribution >= 4 is 27.5 Å². The molecular weight excluding hydrogens is 444 g/mol. The molecule has 33 heavy (non-hydrogen) atoms. The van der Waals surface area contributed by atoms with Gasteiger partial charge in [0.2, 0.25) is 0 Å². The van der Waals surface area contributed by atoms with Crippen LogP contribution in [-0.4, -0.2) is 37.7 Å². The summed E-state index contributed by atoms with van der Waals surface area (Å²) in [5.41, 5.74) is 0.764. The molecule has 0 aromatic heterocycles. The lowest BCUT2D eigenvalue weighted by atomic mass is 10.1. The molecule has 3 aromatic carbocycles. The molecule has 2 amide bonds. The minimum atomic E-state index is -3.93. The molecule has 1 saturated carbocycles. The van der Waals surface area contributed by atoms with E-state index in [4.69, 9.17) is 9.47 Å². The molecule has 2 aliphatic rings. The molecule has 168 valence electrons. The van der Waals surface area contributed by atoms with Crippen LogP contribution in [0.2, 0.25) is 0 Å². The molecule has 0 saturated heterocycles. The zero-order valence-corrected chi connectivity index (χ0v) is 18.5. The summed E-state index contributed by atoms with van der Waals surface area (Å²) in [5, 5.41) is 2.74. The molecule has 0 bridgehead atoms.